The quantitative estimate of drug-likeness (QED) is 0.846. The molecule has 0 aliphatic heterocycles. The minimum atomic E-state index is -0.450. The number of hydrogen-bond donors (Lipinski definition) is 2. The lowest BCUT2D eigenvalue weighted by molar-refractivity contribution is 0.212. The Balaban J connectivity index is 2.05. The molecule has 2 amide bonds. The first-order chi connectivity index (χ1) is 10.1. The molecule has 0 saturated carbocycles. The van der Waals surface area contributed by atoms with Gasteiger partial charge in [-0.05, 0) is 36.8 Å². The molecule has 0 fully saturated rings. The number of amides is 2. The van der Waals surface area contributed by atoms with Crippen molar-refractivity contribution in [3.63, 3.8) is 0 Å². The number of carbonyl (C=O) groups excluding carboxylic acids is 1. The third kappa shape index (κ3) is 3.95. The zero-order valence-electron chi connectivity index (χ0n) is 11.8. The van der Waals surface area contributed by atoms with Crippen LogP contribution in [0.4, 0.5) is 20.6 Å². The molecule has 0 aliphatic carbocycles. The molecule has 4 nitrogen and oxygen atoms in total. The predicted octanol–water partition coefficient (Wildman–Crippen LogP) is 3.46. The summed E-state index contributed by atoms with van der Waals surface area (Å²) in [5, 5.41) is 2.58. The summed E-state index contributed by atoms with van der Waals surface area (Å²) >= 11 is 0. The van der Waals surface area contributed by atoms with E-state index in [2.05, 4.69) is 5.32 Å². The van der Waals surface area contributed by atoms with Crippen molar-refractivity contribution in [3.05, 3.63) is 59.9 Å². The molecule has 2 aromatic carbocycles. The number of halogens is 1. The largest absolute Gasteiger partial charge is 0.399 e. The summed E-state index contributed by atoms with van der Waals surface area (Å²) < 4.78 is 13.5. The van der Waals surface area contributed by atoms with E-state index in [4.69, 9.17) is 5.73 Å². The molecule has 0 unspecified atom stereocenters. The molecule has 2 aromatic rings. The third-order valence-electron chi connectivity index (χ3n) is 3.14. The van der Waals surface area contributed by atoms with Crippen molar-refractivity contribution < 1.29 is 9.18 Å². The molecule has 110 valence electrons. The molecule has 0 atom stereocenters. The van der Waals surface area contributed by atoms with Gasteiger partial charge in [0, 0.05) is 18.8 Å². The number of nitrogen functional groups attached to an aromatic ring is 1. The number of rotatable bonds is 4. The van der Waals surface area contributed by atoms with Gasteiger partial charge in [0.15, 0.2) is 0 Å². The fourth-order valence-corrected chi connectivity index (χ4v) is 1.93. The van der Waals surface area contributed by atoms with Gasteiger partial charge < -0.3 is 16.0 Å². The lowest BCUT2D eigenvalue weighted by Crippen LogP contribution is -2.34. The SMILES string of the molecule is CCN(Cc1ccc(N)cc1)C(=O)Nc1ccccc1F. The lowest BCUT2D eigenvalue weighted by Gasteiger charge is -2.21. The van der Waals surface area contributed by atoms with Crippen LogP contribution in [0.2, 0.25) is 0 Å². The molecule has 21 heavy (non-hydrogen) atoms. The van der Waals surface area contributed by atoms with Crippen LogP contribution in [0.1, 0.15) is 12.5 Å². The van der Waals surface area contributed by atoms with Crippen LogP contribution in [-0.2, 0) is 6.54 Å². The monoisotopic (exact) mass is 287 g/mol. The summed E-state index contributed by atoms with van der Waals surface area (Å²) in [4.78, 5) is 13.8. The highest BCUT2D eigenvalue weighted by molar-refractivity contribution is 5.89. The van der Waals surface area contributed by atoms with Crippen LogP contribution in [-0.4, -0.2) is 17.5 Å². The Kier molecular flexibility index (Phi) is 4.77. The average Bonchev–Trinajstić information content (AvgIpc) is 2.49. The standard InChI is InChI=1S/C16H18FN3O/c1-2-20(11-12-7-9-13(18)10-8-12)16(21)19-15-6-4-3-5-14(15)17/h3-10H,2,11,18H2,1H3,(H,19,21). The number of nitrogens with zero attached hydrogens (tertiary/aromatic N) is 1. The Bertz CT molecular complexity index is 613. The number of para-hydroxylation sites is 1. The van der Waals surface area contributed by atoms with Crippen LogP contribution in [0.5, 0.6) is 0 Å². The van der Waals surface area contributed by atoms with E-state index < -0.39 is 5.82 Å². The van der Waals surface area contributed by atoms with Gasteiger partial charge in [0.25, 0.3) is 0 Å². The van der Waals surface area contributed by atoms with Gasteiger partial charge in [-0.3, -0.25) is 0 Å². The minimum absolute atomic E-state index is 0.179. The Hall–Kier alpha value is -2.56. The predicted molar refractivity (Wildman–Crippen MR) is 82.4 cm³/mol. The Morgan fingerprint density at radius 1 is 1.19 bits per heavy atom. The summed E-state index contributed by atoms with van der Waals surface area (Å²) in [6, 6.07) is 13.1. The summed E-state index contributed by atoms with van der Waals surface area (Å²) in [6.45, 7) is 2.83. The second-order valence-electron chi connectivity index (χ2n) is 4.67. The molecule has 0 saturated heterocycles. The highest BCUT2D eigenvalue weighted by Crippen LogP contribution is 2.14. The minimum Gasteiger partial charge on any atom is -0.399 e. The summed E-state index contributed by atoms with van der Waals surface area (Å²) in [5.41, 5.74) is 7.46. The molecule has 2 rings (SSSR count). The normalized spacial score (nSPS) is 10.2. The third-order valence-corrected chi connectivity index (χ3v) is 3.14. The second-order valence-corrected chi connectivity index (χ2v) is 4.67. The van der Waals surface area contributed by atoms with Gasteiger partial charge in [-0.25, -0.2) is 9.18 Å². The van der Waals surface area contributed by atoms with E-state index in [-0.39, 0.29) is 11.7 Å². The van der Waals surface area contributed by atoms with Crippen LogP contribution in [0.15, 0.2) is 48.5 Å². The van der Waals surface area contributed by atoms with Crippen molar-refractivity contribution >= 4 is 17.4 Å². The van der Waals surface area contributed by atoms with Crippen LogP contribution in [0, 0.1) is 5.82 Å². The van der Waals surface area contributed by atoms with Crippen LogP contribution in [0.3, 0.4) is 0 Å². The lowest BCUT2D eigenvalue weighted by atomic mass is 10.2. The highest BCUT2D eigenvalue weighted by Gasteiger charge is 2.13. The van der Waals surface area contributed by atoms with E-state index in [1.165, 1.54) is 12.1 Å². The number of carbonyl (C=O) groups is 1. The maximum atomic E-state index is 13.5. The molecule has 0 heterocycles. The van der Waals surface area contributed by atoms with Crippen molar-refractivity contribution in [1.29, 1.82) is 0 Å². The Morgan fingerprint density at radius 3 is 2.48 bits per heavy atom. The fourth-order valence-electron chi connectivity index (χ4n) is 1.93. The molecular weight excluding hydrogens is 269 g/mol. The van der Waals surface area contributed by atoms with Crippen LogP contribution >= 0.6 is 0 Å². The van der Waals surface area contributed by atoms with Crippen molar-refractivity contribution in [1.82, 2.24) is 4.90 Å². The van der Waals surface area contributed by atoms with Gasteiger partial charge in [-0.15, -0.1) is 0 Å². The first-order valence-electron chi connectivity index (χ1n) is 6.75. The molecule has 3 N–H and O–H groups in total. The summed E-state index contributed by atoms with van der Waals surface area (Å²) in [7, 11) is 0. The molecule has 0 bridgehead atoms. The highest BCUT2D eigenvalue weighted by atomic mass is 19.1. The molecular formula is C16H18FN3O. The van der Waals surface area contributed by atoms with E-state index in [1.807, 2.05) is 19.1 Å². The molecule has 0 spiro atoms. The topological polar surface area (TPSA) is 58.4 Å². The second kappa shape index (κ2) is 6.74. The smallest absolute Gasteiger partial charge is 0.322 e. The summed E-state index contributed by atoms with van der Waals surface area (Å²) in [5.74, 6) is -0.450. The number of urea groups is 1. The maximum absolute atomic E-state index is 13.5. The Morgan fingerprint density at radius 2 is 1.86 bits per heavy atom. The van der Waals surface area contributed by atoms with Gasteiger partial charge in [-0.1, -0.05) is 24.3 Å². The first-order valence-corrected chi connectivity index (χ1v) is 6.75. The first kappa shape index (κ1) is 14.8. The molecule has 0 radical (unpaired) electrons. The number of nitrogens with two attached hydrogens (primary N) is 1. The number of hydrogen-bond acceptors (Lipinski definition) is 2. The van der Waals surface area contributed by atoms with Crippen molar-refractivity contribution in [2.75, 3.05) is 17.6 Å². The van der Waals surface area contributed by atoms with E-state index in [0.717, 1.165) is 5.56 Å². The molecule has 0 aromatic heterocycles. The van der Waals surface area contributed by atoms with E-state index >= 15 is 0 Å². The van der Waals surface area contributed by atoms with E-state index in [1.54, 1.807) is 29.2 Å². The number of benzene rings is 2. The van der Waals surface area contributed by atoms with E-state index in [9.17, 15) is 9.18 Å². The molecule has 0 aliphatic rings. The fraction of sp³-hybridized carbons (Fsp3) is 0.188. The van der Waals surface area contributed by atoms with Crippen LogP contribution in [0.25, 0.3) is 0 Å². The maximum Gasteiger partial charge on any atom is 0.322 e. The zero-order valence-corrected chi connectivity index (χ0v) is 11.8. The van der Waals surface area contributed by atoms with Crippen molar-refractivity contribution in [3.8, 4) is 0 Å². The van der Waals surface area contributed by atoms with Gasteiger partial charge in [0.1, 0.15) is 5.82 Å². The van der Waals surface area contributed by atoms with Gasteiger partial charge in [-0.2, -0.15) is 0 Å². The number of nitrogens with one attached hydrogen (secondary N) is 1. The Labute approximate surface area is 123 Å². The summed E-state index contributed by atoms with van der Waals surface area (Å²) in [6.07, 6.45) is 0. The van der Waals surface area contributed by atoms with Gasteiger partial charge in [0.2, 0.25) is 0 Å². The van der Waals surface area contributed by atoms with Gasteiger partial charge >= 0.3 is 6.03 Å². The van der Waals surface area contributed by atoms with Gasteiger partial charge in [0.05, 0.1) is 5.69 Å². The molecule has 5 heteroatoms. The average molecular weight is 287 g/mol. The van der Waals surface area contributed by atoms with E-state index in [0.29, 0.717) is 18.8 Å². The number of anilines is 2. The van der Waals surface area contributed by atoms with Crippen molar-refractivity contribution in [2.45, 2.75) is 13.5 Å². The van der Waals surface area contributed by atoms with Crippen molar-refractivity contribution in [2.24, 2.45) is 0 Å². The van der Waals surface area contributed by atoms with Crippen LogP contribution < -0.4 is 11.1 Å². The zero-order chi connectivity index (χ0) is 15.2.